The van der Waals surface area contributed by atoms with Crippen molar-refractivity contribution in [2.24, 2.45) is 0 Å². The average molecular weight is 480 g/mol. The quantitative estimate of drug-likeness (QED) is 0.327. The largest absolute Gasteiger partial charge is 1.00 e. The SMILES string of the molecule is [K+].c1cn([B-](n2ccc(C3CC3)n2)(n2ccc(C3CC3)[nH+]2)n2ccc(C3CC3)[nH+]2)nc1C1CC1. The summed E-state index contributed by atoms with van der Waals surface area (Å²) in [7, 11) is 0. The zero-order valence-electron chi connectivity index (χ0n) is 19.8. The van der Waals surface area contributed by atoms with E-state index in [1.807, 2.05) is 0 Å². The summed E-state index contributed by atoms with van der Waals surface area (Å²) in [4.78, 5) is 0. The molecule has 34 heavy (non-hydrogen) atoms. The third-order valence-electron chi connectivity index (χ3n) is 8.09. The van der Waals surface area contributed by atoms with Crippen LogP contribution >= 0.6 is 0 Å². The van der Waals surface area contributed by atoms with Gasteiger partial charge in [-0.25, -0.2) is 10.2 Å². The summed E-state index contributed by atoms with van der Waals surface area (Å²) >= 11 is 0. The smallest absolute Gasteiger partial charge is 0.375 e. The molecule has 4 aliphatic carbocycles. The van der Waals surface area contributed by atoms with Crippen molar-refractivity contribution in [3.05, 3.63) is 71.8 Å². The number of nitrogens with one attached hydrogen (secondary N) is 2. The van der Waals surface area contributed by atoms with E-state index in [0.717, 1.165) is 0 Å². The number of hydrogen-bond donors (Lipinski definition) is 0. The molecule has 0 aromatic carbocycles. The van der Waals surface area contributed by atoms with Gasteiger partial charge < -0.3 is 9.19 Å². The van der Waals surface area contributed by atoms with Crippen molar-refractivity contribution in [3.8, 4) is 0 Å². The molecule has 4 aromatic rings. The van der Waals surface area contributed by atoms with Crippen molar-refractivity contribution in [1.29, 1.82) is 0 Å². The van der Waals surface area contributed by atoms with E-state index in [1.165, 1.54) is 74.1 Å². The van der Waals surface area contributed by atoms with Crippen molar-refractivity contribution in [2.75, 3.05) is 0 Å². The third kappa shape index (κ3) is 3.56. The summed E-state index contributed by atoms with van der Waals surface area (Å²) in [5.74, 6) is 2.50. The second-order valence-electron chi connectivity index (χ2n) is 10.8. The molecule has 0 saturated heterocycles. The molecule has 4 heterocycles. The Hall–Kier alpha value is -1.46. The fourth-order valence-corrected chi connectivity index (χ4v) is 5.47. The van der Waals surface area contributed by atoms with Gasteiger partial charge in [0.05, 0.1) is 11.4 Å². The van der Waals surface area contributed by atoms with Crippen LogP contribution in [0.5, 0.6) is 0 Å². The van der Waals surface area contributed by atoms with Gasteiger partial charge in [0.1, 0.15) is 0 Å². The monoisotopic (exact) mass is 480 g/mol. The normalized spacial score (nSPS) is 20.5. The number of hydrogen-bond acceptors (Lipinski definition) is 2. The van der Waals surface area contributed by atoms with E-state index in [-0.39, 0.29) is 51.4 Å². The molecule has 10 heteroatoms. The molecule has 0 unspecified atom stereocenters. The topological polar surface area (TPSA) is 73.8 Å². The third-order valence-corrected chi connectivity index (χ3v) is 8.09. The van der Waals surface area contributed by atoms with Gasteiger partial charge in [-0.05, 0) is 75.9 Å². The molecule has 0 amide bonds. The first-order valence-electron chi connectivity index (χ1n) is 12.8. The molecule has 0 radical (unpaired) electrons. The maximum absolute atomic E-state index is 5.19. The predicted molar refractivity (Wildman–Crippen MR) is 122 cm³/mol. The first-order chi connectivity index (χ1) is 16.3. The Balaban J connectivity index is 0.00000200. The molecule has 168 valence electrons. The molecule has 2 N–H and O–H groups in total. The van der Waals surface area contributed by atoms with E-state index in [9.17, 15) is 0 Å². The van der Waals surface area contributed by atoms with Crippen LogP contribution in [0.4, 0.5) is 0 Å². The van der Waals surface area contributed by atoms with Crippen LogP contribution < -0.4 is 61.6 Å². The van der Waals surface area contributed by atoms with Gasteiger partial charge in [-0.15, -0.1) is 0 Å². The van der Waals surface area contributed by atoms with Crippen molar-refractivity contribution in [3.63, 3.8) is 0 Å². The Labute approximate surface area is 241 Å². The van der Waals surface area contributed by atoms with Crippen LogP contribution in [-0.2, 0) is 0 Å². The maximum Gasteiger partial charge on any atom is 1.00 e. The van der Waals surface area contributed by atoms with Crippen molar-refractivity contribution >= 4 is 6.69 Å². The molecule has 0 atom stereocenters. The number of nitrogens with zero attached hydrogens (tertiary/aromatic N) is 6. The fraction of sp³-hybridized carbons (Fsp3) is 0.500. The molecule has 0 bridgehead atoms. The van der Waals surface area contributed by atoms with Crippen molar-refractivity contribution in [1.82, 2.24) is 28.6 Å². The van der Waals surface area contributed by atoms with E-state index in [1.54, 1.807) is 0 Å². The van der Waals surface area contributed by atoms with Gasteiger partial charge in [-0.3, -0.25) is 9.19 Å². The Bertz CT molecular complexity index is 1130. The van der Waals surface area contributed by atoms with Gasteiger partial charge in [0.25, 0.3) is 0 Å². The van der Waals surface area contributed by atoms with Crippen LogP contribution in [0.3, 0.4) is 0 Å². The van der Waals surface area contributed by atoms with E-state index >= 15 is 0 Å². The average Bonchev–Trinajstić information content (AvgIpc) is 3.73. The second-order valence-corrected chi connectivity index (χ2v) is 10.8. The van der Waals surface area contributed by atoms with E-state index in [4.69, 9.17) is 10.2 Å². The number of rotatable bonds is 8. The summed E-state index contributed by atoms with van der Waals surface area (Å²) in [6.45, 7) is -1.80. The molecular weight excluding hydrogens is 450 g/mol. The van der Waals surface area contributed by atoms with E-state index in [0.29, 0.717) is 23.7 Å². The standard InChI is InChI=1S/C24H28BN8.K/c1-2-17(1)21-9-13-30(26-21)25(31-14-10-22(27-31)18-3-4-18,32-15-11-23(28-32)19-5-6-19)33-16-12-24(29-33)20-7-8-20;/h9-20H,1-8H2;/q-1;+1/p+2. The number of aromatic amines is 2. The van der Waals surface area contributed by atoms with Crippen LogP contribution in [0.1, 0.15) is 97.8 Å². The Morgan fingerprint density at radius 3 is 1.38 bits per heavy atom. The fourth-order valence-electron chi connectivity index (χ4n) is 5.47. The Morgan fingerprint density at radius 2 is 1.00 bits per heavy atom. The number of H-pyrrole nitrogens is 2. The maximum atomic E-state index is 5.19. The van der Waals surface area contributed by atoms with Crippen LogP contribution in [0.2, 0.25) is 0 Å². The van der Waals surface area contributed by atoms with Crippen LogP contribution in [-0.4, -0.2) is 35.3 Å². The molecule has 4 aliphatic rings. The van der Waals surface area contributed by atoms with E-state index < -0.39 is 6.69 Å². The summed E-state index contributed by atoms with van der Waals surface area (Å²) < 4.78 is 8.79. The minimum atomic E-state index is -1.80. The predicted octanol–water partition coefficient (Wildman–Crippen LogP) is -0.247. The molecule has 4 fully saturated rings. The van der Waals surface area contributed by atoms with Crippen molar-refractivity contribution < 1.29 is 61.6 Å². The van der Waals surface area contributed by atoms with E-state index in [2.05, 4.69) is 77.6 Å². The number of aromatic nitrogens is 8. The molecule has 0 aliphatic heterocycles. The summed E-state index contributed by atoms with van der Waals surface area (Å²) in [6.07, 6.45) is 18.7. The minimum Gasteiger partial charge on any atom is -0.375 e. The first-order valence-corrected chi connectivity index (χ1v) is 12.8. The second kappa shape index (κ2) is 8.03. The van der Waals surface area contributed by atoms with Gasteiger partial charge in [-0.1, -0.05) is 0 Å². The molecule has 8 nitrogen and oxygen atoms in total. The molecule has 4 aromatic heterocycles. The molecular formula is C24H30BKN8+2. The van der Waals surface area contributed by atoms with Crippen LogP contribution in [0.15, 0.2) is 49.1 Å². The Morgan fingerprint density at radius 1 is 0.588 bits per heavy atom. The van der Waals surface area contributed by atoms with Crippen molar-refractivity contribution in [2.45, 2.75) is 75.0 Å². The first kappa shape index (κ1) is 21.8. The van der Waals surface area contributed by atoms with Gasteiger partial charge >= 0.3 is 58.1 Å². The summed E-state index contributed by atoms with van der Waals surface area (Å²) in [5, 5.41) is 17.9. The zero-order valence-corrected chi connectivity index (χ0v) is 23.0. The van der Waals surface area contributed by atoms with Crippen LogP contribution in [0, 0.1) is 0 Å². The van der Waals surface area contributed by atoms with Crippen LogP contribution in [0.25, 0.3) is 0 Å². The zero-order chi connectivity index (χ0) is 21.6. The van der Waals surface area contributed by atoms with Gasteiger partial charge in [0.15, 0.2) is 0 Å². The minimum absolute atomic E-state index is 0. The summed E-state index contributed by atoms with van der Waals surface area (Å²) in [6, 6.07) is 8.90. The molecule has 8 rings (SSSR count). The Kier molecular flexibility index (Phi) is 5.15. The van der Waals surface area contributed by atoms with Gasteiger partial charge in [-0.2, -0.15) is 10.2 Å². The van der Waals surface area contributed by atoms with Gasteiger partial charge in [0.2, 0.25) is 11.4 Å². The summed E-state index contributed by atoms with van der Waals surface area (Å²) in [5.41, 5.74) is 5.00. The molecule has 0 spiro atoms. The van der Waals surface area contributed by atoms with Gasteiger partial charge in [0, 0.05) is 48.2 Å². The molecule has 4 saturated carbocycles.